The number of piperidine rings is 1. The second kappa shape index (κ2) is 7.31. The van der Waals surface area contributed by atoms with Gasteiger partial charge >= 0.3 is 0 Å². The minimum atomic E-state index is -0.381. The zero-order valence-electron chi connectivity index (χ0n) is 11.4. The van der Waals surface area contributed by atoms with Gasteiger partial charge in [-0.25, -0.2) is 0 Å². The predicted octanol–water partition coefficient (Wildman–Crippen LogP) is 1.13. The zero-order valence-corrected chi connectivity index (χ0v) is 11.4. The van der Waals surface area contributed by atoms with Crippen LogP contribution >= 0.6 is 0 Å². The number of methoxy groups -OCH3 is 1. The highest BCUT2D eigenvalue weighted by Gasteiger charge is 2.26. The Morgan fingerprint density at radius 2 is 1.88 bits per heavy atom. The minimum absolute atomic E-state index is 0.381. The largest absolute Gasteiger partial charge is 0.389 e. The molecule has 0 aromatic rings. The Labute approximate surface area is 105 Å². The molecule has 0 radical (unpaired) electrons. The summed E-state index contributed by atoms with van der Waals surface area (Å²) >= 11 is 0. The second-order valence-corrected chi connectivity index (χ2v) is 5.69. The number of aliphatic hydroxyl groups is 1. The minimum Gasteiger partial charge on any atom is -0.389 e. The Bertz CT molecular complexity index is 199. The lowest BCUT2D eigenvalue weighted by atomic mass is 9.82. The maximum atomic E-state index is 9.82. The van der Waals surface area contributed by atoms with Gasteiger partial charge in [0, 0.05) is 13.7 Å². The fourth-order valence-electron chi connectivity index (χ4n) is 2.05. The average Bonchev–Trinajstić information content (AvgIpc) is 2.28. The Kier molecular flexibility index (Phi) is 6.41. The summed E-state index contributed by atoms with van der Waals surface area (Å²) in [6, 6.07) is 0. The third-order valence-corrected chi connectivity index (χ3v) is 3.42. The number of β-amino-alcohol motifs (C(OH)–C–C–N with tert-alkyl or cyclic N) is 1. The van der Waals surface area contributed by atoms with Crippen molar-refractivity contribution in [3.8, 4) is 0 Å². The molecule has 1 aliphatic rings. The molecule has 1 saturated heterocycles. The molecular weight excluding hydrogens is 218 g/mol. The molecule has 0 spiro atoms. The van der Waals surface area contributed by atoms with Crippen molar-refractivity contribution in [3.63, 3.8) is 0 Å². The first-order valence-corrected chi connectivity index (χ1v) is 6.50. The van der Waals surface area contributed by atoms with Crippen molar-refractivity contribution < 1.29 is 14.6 Å². The summed E-state index contributed by atoms with van der Waals surface area (Å²) in [5.74, 6) is 0. The fraction of sp³-hybridized carbons (Fsp3) is 1.00. The molecule has 1 rings (SSSR count). The van der Waals surface area contributed by atoms with Crippen LogP contribution in [-0.4, -0.2) is 62.7 Å². The monoisotopic (exact) mass is 245 g/mol. The summed E-state index contributed by atoms with van der Waals surface area (Å²) in [4.78, 5) is 2.33. The SMILES string of the molecule is COCCOCC(O)CN1CCC(C)(C)CC1. The Morgan fingerprint density at radius 3 is 2.47 bits per heavy atom. The predicted molar refractivity (Wildman–Crippen MR) is 68.2 cm³/mol. The topological polar surface area (TPSA) is 41.9 Å². The lowest BCUT2D eigenvalue weighted by Gasteiger charge is -2.37. The molecule has 102 valence electrons. The first kappa shape index (κ1) is 14.9. The molecule has 1 atom stereocenters. The molecule has 1 N–H and O–H groups in total. The van der Waals surface area contributed by atoms with E-state index >= 15 is 0 Å². The highest BCUT2D eigenvalue weighted by atomic mass is 16.5. The fourth-order valence-corrected chi connectivity index (χ4v) is 2.05. The normalized spacial score (nSPS) is 22.6. The Morgan fingerprint density at radius 1 is 1.24 bits per heavy atom. The molecule has 0 aromatic heterocycles. The van der Waals surface area contributed by atoms with Crippen LogP contribution in [0.1, 0.15) is 26.7 Å². The highest BCUT2D eigenvalue weighted by Crippen LogP contribution is 2.29. The van der Waals surface area contributed by atoms with Gasteiger partial charge in [-0.2, -0.15) is 0 Å². The van der Waals surface area contributed by atoms with Gasteiger partial charge in [-0.3, -0.25) is 0 Å². The van der Waals surface area contributed by atoms with Crippen LogP contribution in [0.25, 0.3) is 0 Å². The van der Waals surface area contributed by atoms with Gasteiger partial charge in [0.1, 0.15) is 0 Å². The lowest BCUT2D eigenvalue weighted by Crippen LogP contribution is -2.42. The summed E-state index contributed by atoms with van der Waals surface area (Å²) in [5.41, 5.74) is 0.469. The average molecular weight is 245 g/mol. The van der Waals surface area contributed by atoms with Crippen molar-refractivity contribution in [2.45, 2.75) is 32.8 Å². The van der Waals surface area contributed by atoms with Gasteiger partial charge in [0.2, 0.25) is 0 Å². The first-order valence-electron chi connectivity index (χ1n) is 6.50. The maximum absolute atomic E-state index is 9.82. The van der Waals surface area contributed by atoms with Crippen molar-refractivity contribution in [2.24, 2.45) is 5.41 Å². The first-order chi connectivity index (χ1) is 8.03. The number of hydrogen-bond donors (Lipinski definition) is 1. The smallest absolute Gasteiger partial charge is 0.0900 e. The molecule has 1 aliphatic heterocycles. The van der Waals surface area contributed by atoms with Crippen molar-refractivity contribution >= 4 is 0 Å². The van der Waals surface area contributed by atoms with Crippen molar-refractivity contribution in [2.75, 3.05) is 46.6 Å². The van der Waals surface area contributed by atoms with Gasteiger partial charge in [0.25, 0.3) is 0 Å². The molecule has 0 aromatic carbocycles. The number of likely N-dealkylation sites (tertiary alicyclic amines) is 1. The molecular formula is C13H27NO3. The number of rotatable bonds is 7. The standard InChI is InChI=1S/C13H27NO3/c1-13(2)4-6-14(7-5-13)10-12(15)11-17-9-8-16-3/h12,15H,4-11H2,1-3H3. The molecule has 4 heteroatoms. The van der Waals surface area contributed by atoms with Crippen LogP contribution in [0, 0.1) is 5.41 Å². The molecule has 1 heterocycles. The summed E-state index contributed by atoms with van der Waals surface area (Å²) in [7, 11) is 1.65. The number of ether oxygens (including phenoxy) is 2. The van der Waals surface area contributed by atoms with Crippen LogP contribution in [0.2, 0.25) is 0 Å². The molecule has 0 amide bonds. The zero-order chi connectivity index (χ0) is 12.7. The Balaban J connectivity index is 2.08. The highest BCUT2D eigenvalue weighted by molar-refractivity contribution is 4.79. The van der Waals surface area contributed by atoms with E-state index in [2.05, 4.69) is 18.7 Å². The van der Waals surface area contributed by atoms with Crippen molar-refractivity contribution in [3.05, 3.63) is 0 Å². The van der Waals surface area contributed by atoms with Gasteiger partial charge in [-0.05, 0) is 31.3 Å². The van der Waals surface area contributed by atoms with E-state index in [1.54, 1.807) is 7.11 Å². The van der Waals surface area contributed by atoms with Gasteiger partial charge in [-0.1, -0.05) is 13.8 Å². The Hall–Kier alpha value is -0.160. The third kappa shape index (κ3) is 6.36. The third-order valence-electron chi connectivity index (χ3n) is 3.42. The van der Waals surface area contributed by atoms with Crippen molar-refractivity contribution in [1.82, 2.24) is 4.90 Å². The van der Waals surface area contributed by atoms with Gasteiger partial charge in [0.15, 0.2) is 0 Å². The summed E-state index contributed by atoms with van der Waals surface area (Å²) in [6.07, 6.45) is 2.04. The molecule has 1 fully saturated rings. The van der Waals surface area contributed by atoms with Crippen LogP contribution in [0.3, 0.4) is 0 Å². The van der Waals surface area contributed by atoms with E-state index in [9.17, 15) is 5.11 Å². The van der Waals surface area contributed by atoms with Crippen LogP contribution in [0.15, 0.2) is 0 Å². The lowest BCUT2D eigenvalue weighted by molar-refractivity contribution is -0.00775. The number of nitrogens with zero attached hydrogens (tertiary/aromatic N) is 1. The maximum Gasteiger partial charge on any atom is 0.0900 e. The van der Waals surface area contributed by atoms with E-state index in [4.69, 9.17) is 9.47 Å². The molecule has 0 saturated carbocycles. The number of hydrogen-bond acceptors (Lipinski definition) is 4. The van der Waals surface area contributed by atoms with Gasteiger partial charge in [-0.15, -0.1) is 0 Å². The van der Waals surface area contributed by atoms with Crippen molar-refractivity contribution in [1.29, 1.82) is 0 Å². The van der Waals surface area contributed by atoms with E-state index in [-0.39, 0.29) is 6.10 Å². The molecule has 17 heavy (non-hydrogen) atoms. The van der Waals surface area contributed by atoms with Crippen LogP contribution in [0.5, 0.6) is 0 Å². The summed E-state index contributed by atoms with van der Waals surface area (Å²) in [5, 5.41) is 9.82. The van der Waals surface area contributed by atoms with E-state index in [0.717, 1.165) is 19.6 Å². The molecule has 0 bridgehead atoms. The second-order valence-electron chi connectivity index (χ2n) is 5.69. The van der Waals surface area contributed by atoms with E-state index in [1.807, 2.05) is 0 Å². The van der Waals surface area contributed by atoms with E-state index in [1.165, 1.54) is 12.8 Å². The summed E-state index contributed by atoms with van der Waals surface area (Å²) in [6.45, 7) is 9.07. The quantitative estimate of drug-likeness (QED) is 0.683. The van der Waals surface area contributed by atoms with Crippen LogP contribution < -0.4 is 0 Å². The van der Waals surface area contributed by atoms with Crippen LogP contribution in [-0.2, 0) is 9.47 Å². The van der Waals surface area contributed by atoms with E-state index in [0.29, 0.717) is 25.2 Å². The molecule has 1 unspecified atom stereocenters. The van der Waals surface area contributed by atoms with Gasteiger partial charge in [0.05, 0.1) is 25.9 Å². The van der Waals surface area contributed by atoms with E-state index < -0.39 is 0 Å². The van der Waals surface area contributed by atoms with Gasteiger partial charge < -0.3 is 19.5 Å². The number of aliphatic hydroxyl groups excluding tert-OH is 1. The summed E-state index contributed by atoms with van der Waals surface area (Å²) < 4.78 is 10.2. The molecule has 4 nitrogen and oxygen atoms in total. The molecule has 0 aliphatic carbocycles. The van der Waals surface area contributed by atoms with Crippen LogP contribution in [0.4, 0.5) is 0 Å².